The molecule has 3 unspecified atom stereocenters. The fourth-order valence-corrected chi connectivity index (χ4v) is 2.75. The molecule has 1 aliphatic rings. The second-order valence-electron chi connectivity index (χ2n) is 4.82. The van der Waals surface area contributed by atoms with Gasteiger partial charge in [-0.3, -0.25) is 4.79 Å². The minimum atomic E-state index is -0.972. The minimum Gasteiger partial charge on any atom is -0.481 e. The summed E-state index contributed by atoms with van der Waals surface area (Å²) in [6.45, 7) is 3.94. The normalized spacial score (nSPS) is 33.7. The molecule has 0 aliphatic heterocycles. The molecule has 3 nitrogen and oxygen atoms in total. The van der Waals surface area contributed by atoms with Gasteiger partial charge in [-0.25, -0.2) is 0 Å². The van der Waals surface area contributed by atoms with Crippen LogP contribution in [0.25, 0.3) is 0 Å². The lowest BCUT2D eigenvalue weighted by molar-refractivity contribution is -0.161. The lowest BCUT2D eigenvalue weighted by atomic mass is 9.68. The molecule has 0 aromatic carbocycles. The number of carboxylic acid groups (broad SMARTS) is 1. The van der Waals surface area contributed by atoms with Gasteiger partial charge < -0.3 is 10.2 Å². The van der Waals surface area contributed by atoms with Crippen molar-refractivity contribution < 1.29 is 15.0 Å². The zero-order chi connectivity index (χ0) is 11.5. The van der Waals surface area contributed by atoms with Crippen molar-refractivity contribution in [1.29, 1.82) is 0 Å². The lowest BCUT2D eigenvalue weighted by Crippen LogP contribution is -2.49. The third kappa shape index (κ3) is 2.51. The summed E-state index contributed by atoms with van der Waals surface area (Å²) in [5, 5.41) is 19.7. The second kappa shape index (κ2) is 4.97. The molecule has 0 amide bonds. The van der Waals surface area contributed by atoms with Gasteiger partial charge in [0.2, 0.25) is 0 Å². The number of aliphatic carboxylic acids is 1. The summed E-state index contributed by atoms with van der Waals surface area (Å²) in [5.41, 5.74) is -0.972. The van der Waals surface area contributed by atoms with Crippen LogP contribution >= 0.6 is 0 Å². The van der Waals surface area contributed by atoms with Crippen LogP contribution in [0.15, 0.2) is 0 Å². The summed E-state index contributed by atoms with van der Waals surface area (Å²) < 4.78 is 0. The number of carboxylic acids is 1. The molecule has 0 spiro atoms. The SMILES string of the molecule is CCCC(C(=O)O)C1(O)CCCCC1C. The molecule has 1 fully saturated rings. The fourth-order valence-electron chi connectivity index (χ4n) is 2.75. The number of hydrogen-bond acceptors (Lipinski definition) is 2. The van der Waals surface area contributed by atoms with Crippen LogP contribution in [0.3, 0.4) is 0 Å². The van der Waals surface area contributed by atoms with Crippen molar-refractivity contribution in [3.05, 3.63) is 0 Å². The smallest absolute Gasteiger partial charge is 0.309 e. The van der Waals surface area contributed by atoms with E-state index in [1.165, 1.54) is 0 Å². The summed E-state index contributed by atoms with van der Waals surface area (Å²) in [5.74, 6) is -1.32. The van der Waals surface area contributed by atoms with E-state index in [9.17, 15) is 15.0 Å². The molecule has 15 heavy (non-hydrogen) atoms. The highest BCUT2D eigenvalue weighted by atomic mass is 16.4. The maximum Gasteiger partial charge on any atom is 0.309 e. The van der Waals surface area contributed by atoms with Gasteiger partial charge in [0.05, 0.1) is 11.5 Å². The zero-order valence-corrected chi connectivity index (χ0v) is 9.70. The van der Waals surface area contributed by atoms with E-state index >= 15 is 0 Å². The average molecular weight is 214 g/mol. The van der Waals surface area contributed by atoms with Crippen LogP contribution in [-0.2, 0) is 4.79 Å². The van der Waals surface area contributed by atoms with Crippen LogP contribution in [0.4, 0.5) is 0 Å². The van der Waals surface area contributed by atoms with Gasteiger partial charge in [-0.15, -0.1) is 0 Å². The standard InChI is InChI=1S/C12H22O3/c1-3-6-10(11(13)14)12(15)8-5-4-7-9(12)2/h9-10,15H,3-8H2,1-2H3,(H,13,14). The largest absolute Gasteiger partial charge is 0.481 e. The van der Waals surface area contributed by atoms with Crippen LogP contribution in [0.1, 0.15) is 52.4 Å². The summed E-state index contributed by atoms with van der Waals surface area (Å²) in [4.78, 5) is 11.2. The van der Waals surface area contributed by atoms with Crippen molar-refractivity contribution in [2.45, 2.75) is 58.0 Å². The van der Waals surface area contributed by atoms with Crippen molar-refractivity contribution in [3.63, 3.8) is 0 Å². The molecule has 0 radical (unpaired) electrons. The van der Waals surface area contributed by atoms with Crippen LogP contribution in [0.2, 0.25) is 0 Å². The molecule has 0 heterocycles. The molecule has 3 heteroatoms. The van der Waals surface area contributed by atoms with Gasteiger partial charge in [0.25, 0.3) is 0 Å². The van der Waals surface area contributed by atoms with Crippen LogP contribution in [-0.4, -0.2) is 21.8 Å². The third-order valence-electron chi connectivity index (χ3n) is 3.80. The van der Waals surface area contributed by atoms with Crippen molar-refractivity contribution in [3.8, 4) is 0 Å². The average Bonchev–Trinajstić information content (AvgIpc) is 2.18. The van der Waals surface area contributed by atoms with Gasteiger partial charge in [0.15, 0.2) is 0 Å². The highest BCUT2D eigenvalue weighted by Gasteiger charge is 2.45. The van der Waals surface area contributed by atoms with Gasteiger partial charge in [-0.1, -0.05) is 33.1 Å². The Balaban J connectivity index is 2.82. The van der Waals surface area contributed by atoms with Crippen molar-refractivity contribution in [2.24, 2.45) is 11.8 Å². The first-order valence-corrected chi connectivity index (χ1v) is 5.97. The predicted molar refractivity (Wildman–Crippen MR) is 58.6 cm³/mol. The van der Waals surface area contributed by atoms with E-state index in [4.69, 9.17) is 0 Å². The number of carbonyl (C=O) groups is 1. The topological polar surface area (TPSA) is 57.5 Å². The van der Waals surface area contributed by atoms with E-state index in [1.54, 1.807) is 0 Å². The van der Waals surface area contributed by atoms with E-state index in [2.05, 4.69) is 0 Å². The monoisotopic (exact) mass is 214 g/mol. The number of hydrogen-bond donors (Lipinski definition) is 2. The Bertz CT molecular complexity index is 227. The molecule has 3 atom stereocenters. The van der Waals surface area contributed by atoms with Crippen molar-refractivity contribution in [1.82, 2.24) is 0 Å². The molecule has 0 bridgehead atoms. The minimum absolute atomic E-state index is 0.110. The fraction of sp³-hybridized carbons (Fsp3) is 0.917. The van der Waals surface area contributed by atoms with Gasteiger partial charge in [-0.05, 0) is 25.2 Å². The molecule has 1 rings (SSSR count). The third-order valence-corrected chi connectivity index (χ3v) is 3.80. The molecule has 0 aromatic rings. The summed E-state index contributed by atoms with van der Waals surface area (Å²) >= 11 is 0. The highest BCUT2D eigenvalue weighted by molar-refractivity contribution is 5.71. The van der Waals surface area contributed by atoms with Gasteiger partial charge in [0, 0.05) is 0 Å². The summed E-state index contributed by atoms with van der Waals surface area (Å²) in [6.07, 6.45) is 5.05. The molecule has 2 N–H and O–H groups in total. The Hall–Kier alpha value is -0.570. The van der Waals surface area contributed by atoms with E-state index < -0.39 is 17.5 Å². The Morgan fingerprint density at radius 1 is 1.53 bits per heavy atom. The Morgan fingerprint density at radius 3 is 2.67 bits per heavy atom. The van der Waals surface area contributed by atoms with E-state index in [1.807, 2.05) is 13.8 Å². The summed E-state index contributed by atoms with van der Waals surface area (Å²) in [7, 11) is 0. The first-order valence-electron chi connectivity index (χ1n) is 5.97. The Morgan fingerprint density at radius 2 is 2.20 bits per heavy atom. The van der Waals surface area contributed by atoms with Crippen molar-refractivity contribution in [2.75, 3.05) is 0 Å². The number of rotatable bonds is 4. The predicted octanol–water partition coefficient (Wildman–Crippen LogP) is 2.43. The van der Waals surface area contributed by atoms with Gasteiger partial charge >= 0.3 is 5.97 Å². The number of aliphatic hydroxyl groups is 1. The Kier molecular flexibility index (Phi) is 4.14. The van der Waals surface area contributed by atoms with Gasteiger partial charge in [0.1, 0.15) is 0 Å². The van der Waals surface area contributed by atoms with Crippen LogP contribution < -0.4 is 0 Å². The molecular weight excluding hydrogens is 192 g/mol. The lowest BCUT2D eigenvalue weighted by Gasteiger charge is -2.42. The Labute approximate surface area is 91.5 Å². The van der Waals surface area contributed by atoms with E-state index in [-0.39, 0.29) is 5.92 Å². The molecule has 0 saturated heterocycles. The molecule has 1 saturated carbocycles. The van der Waals surface area contributed by atoms with Crippen LogP contribution in [0.5, 0.6) is 0 Å². The second-order valence-corrected chi connectivity index (χ2v) is 4.82. The maximum absolute atomic E-state index is 11.2. The van der Waals surface area contributed by atoms with Gasteiger partial charge in [-0.2, -0.15) is 0 Å². The first kappa shape index (κ1) is 12.5. The molecule has 0 aromatic heterocycles. The maximum atomic E-state index is 11.2. The first-order chi connectivity index (χ1) is 7.02. The van der Waals surface area contributed by atoms with E-state index in [0.717, 1.165) is 25.7 Å². The summed E-state index contributed by atoms with van der Waals surface area (Å²) in [6, 6.07) is 0. The quantitative estimate of drug-likeness (QED) is 0.755. The van der Waals surface area contributed by atoms with Crippen LogP contribution in [0, 0.1) is 11.8 Å². The molecule has 88 valence electrons. The van der Waals surface area contributed by atoms with Crippen molar-refractivity contribution >= 4 is 5.97 Å². The molecular formula is C12H22O3. The zero-order valence-electron chi connectivity index (χ0n) is 9.70. The highest BCUT2D eigenvalue weighted by Crippen LogP contribution is 2.40. The molecule has 1 aliphatic carbocycles. The van der Waals surface area contributed by atoms with E-state index in [0.29, 0.717) is 12.8 Å².